The van der Waals surface area contributed by atoms with Gasteiger partial charge in [0.15, 0.2) is 0 Å². The highest BCUT2D eigenvalue weighted by Gasteiger charge is 2.40. The maximum absolute atomic E-state index is 12.0. The van der Waals surface area contributed by atoms with Crippen molar-refractivity contribution in [3.8, 4) is 29.8 Å². The maximum Gasteiger partial charge on any atom is 0.235 e. The van der Waals surface area contributed by atoms with Gasteiger partial charge in [-0.05, 0) is 18.2 Å². The Kier molecular flexibility index (Phi) is 3.54. The minimum Gasteiger partial charge on any atom is -0.426 e. The number of Topliss-reactive ketones (excluding diaryl/α,β-unsaturated/α-hetero) is 2. The summed E-state index contributed by atoms with van der Waals surface area (Å²) in [7, 11) is 0. The van der Waals surface area contributed by atoms with Crippen LogP contribution in [0.4, 0.5) is 0 Å². The third-order valence-corrected chi connectivity index (χ3v) is 2.55. The monoisotopic (exact) mass is 254 g/mol. The second kappa shape index (κ2) is 5.29. The Balaban J connectivity index is 2.34. The Labute approximate surface area is 110 Å². The number of ether oxygens (including phenoxy) is 2. The smallest absolute Gasteiger partial charge is 0.235 e. The van der Waals surface area contributed by atoms with E-state index in [2.05, 4.69) is 24.1 Å². The molecule has 1 aromatic rings. The molecular formula is C15H10O4. The molecule has 0 bridgehead atoms. The van der Waals surface area contributed by atoms with E-state index in [-0.39, 0.29) is 11.3 Å². The Morgan fingerprint density at radius 2 is 1.68 bits per heavy atom. The van der Waals surface area contributed by atoms with Crippen LogP contribution in [0.25, 0.3) is 0 Å². The van der Waals surface area contributed by atoms with Crippen LogP contribution in [0.2, 0.25) is 0 Å². The number of hydrogen-bond acceptors (Lipinski definition) is 4. The molecule has 0 N–H and O–H groups in total. The van der Waals surface area contributed by atoms with Crippen molar-refractivity contribution in [1.82, 2.24) is 0 Å². The average molecular weight is 254 g/mol. The standard InChI is InChI=1S/C15H10O4/c1-3-7-18-10-5-6-11-12(9-10)14(17)15(13(11)16)19-8-4-2/h5-6,9,15H,1-2H3. The molecule has 0 heterocycles. The number of fused-ring (bicyclic) bond motifs is 1. The summed E-state index contributed by atoms with van der Waals surface area (Å²) in [6, 6.07) is 4.61. The SMILES string of the molecule is CC#COc1ccc2c(c1)C(=O)C(OC#CC)C2=O. The van der Waals surface area contributed by atoms with Gasteiger partial charge in [0.25, 0.3) is 0 Å². The van der Waals surface area contributed by atoms with E-state index in [0.717, 1.165) is 0 Å². The summed E-state index contributed by atoms with van der Waals surface area (Å²) in [6.45, 7) is 3.20. The average Bonchev–Trinajstić information content (AvgIpc) is 2.66. The topological polar surface area (TPSA) is 52.6 Å². The predicted molar refractivity (Wildman–Crippen MR) is 67.5 cm³/mol. The molecule has 2 rings (SSSR count). The van der Waals surface area contributed by atoms with E-state index < -0.39 is 11.9 Å². The Hall–Kier alpha value is -2.72. The highest BCUT2D eigenvalue weighted by atomic mass is 16.5. The van der Waals surface area contributed by atoms with Gasteiger partial charge in [0.1, 0.15) is 18.0 Å². The summed E-state index contributed by atoms with van der Waals surface area (Å²) in [5, 5.41) is 0. The summed E-state index contributed by atoms with van der Waals surface area (Å²) in [4.78, 5) is 24.0. The van der Waals surface area contributed by atoms with Crippen molar-refractivity contribution in [2.24, 2.45) is 0 Å². The zero-order chi connectivity index (χ0) is 13.8. The quantitative estimate of drug-likeness (QED) is 0.596. The second-order valence-corrected chi connectivity index (χ2v) is 3.74. The molecule has 0 aromatic heterocycles. The van der Waals surface area contributed by atoms with Gasteiger partial charge >= 0.3 is 0 Å². The number of rotatable bonds is 2. The van der Waals surface area contributed by atoms with Crippen LogP contribution >= 0.6 is 0 Å². The van der Waals surface area contributed by atoms with Crippen LogP contribution in [-0.2, 0) is 4.74 Å². The van der Waals surface area contributed by atoms with Crippen LogP contribution in [-0.4, -0.2) is 17.7 Å². The van der Waals surface area contributed by atoms with E-state index in [1.54, 1.807) is 19.9 Å². The summed E-state index contributed by atoms with van der Waals surface area (Å²) < 4.78 is 10.0. The molecule has 0 amide bonds. The molecule has 1 aliphatic carbocycles. The zero-order valence-electron chi connectivity index (χ0n) is 10.4. The molecule has 94 valence electrons. The molecule has 0 saturated carbocycles. The molecule has 1 atom stereocenters. The second-order valence-electron chi connectivity index (χ2n) is 3.74. The third-order valence-electron chi connectivity index (χ3n) is 2.55. The van der Waals surface area contributed by atoms with Crippen molar-refractivity contribution >= 4 is 11.6 Å². The summed E-state index contributed by atoms with van der Waals surface area (Å²) in [5.41, 5.74) is 0.605. The number of benzene rings is 1. The van der Waals surface area contributed by atoms with Crippen LogP contribution in [0, 0.1) is 24.1 Å². The molecule has 0 fully saturated rings. The van der Waals surface area contributed by atoms with Gasteiger partial charge in [-0.3, -0.25) is 9.59 Å². The molecule has 4 heteroatoms. The van der Waals surface area contributed by atoms with Crippen LogP contribution in [0.3, 0.4) is 0 Å². The number of ketones is 2. The Bertz CT molecular complexity index is 665. The third kappa shape index (κ3) is 2.29. The Morgan fingerprint density at radius 1 is 1.00 bits per heavy atom. The molecule has 0 aliphatic heterocycles. The van der Waals surface area contributed by atoms with Crippen LogP contribution in [0.1, 0.15) is 34.6 Å². The lowest BCUT2D eigenvalue weighted by Crippen LogP contribution is -2.23. The van der Waals surface area contributed by atoms with Crippen LogP contribution in [0.15, 0.2) is 18.2 Å². The number of hydrogen-bond donors (Lipinski definition) is 0. The van der Waals surface area contributed by atoms with Crippen molar-refractivity contribution in [1.29, 1.82) is 0 Å². The molecule has 0 spiro atoms. The highest BCUT2D eigenvalue weighted by Crippen LogP contribution is 2.27. The number of carbonyl (C=O) groups excluding carboxylic acids is 2. The zero-order valence-corrected chi connectivity index (χ0v) is 10.4. The first-order chi connectivity index (χ1) is 9.19. The van der Waals surface area contributed by atoms with E-state index in [4.69, 9.17) is 9.47 Å². The van der Waals surface area contributed by atoms with E-state index in [0.29, 0.717) is 11.3 Å². The van der Waals surface area contributed by atoms with Crippen molar-refractivity contribution in [2.45, 2.75) is 20.0 Å². The fourth-order valence-corrected chi connectivity index (χ4v) is 1.74. The predicted octanol–water partition coefficient (Wildman–Crippen LogP) is 1.79. The molecule has 4 nitrogen and oxygen atoms in total. The van der Waals surface area contributed by atoms with E-state index in [1.807, 2.05) is 0 Å². The summed E-state index contributed by atoms with van der Waals surface area (Å²) in [5.74, 6) is 4.69. The summed E-state index contributed by atoms with van der Waals surface area (Å²) in [6.07, 6.45) is 3.55. The lowest BCUT2D eigenvalue weighted by Gasteiger charge is -2.01. The van der Waals surface area contributed by atoms with Crippen molar-refractivity contribution in [3.63, 3.8) is 0 Å². The van der Waals surface area contributed by atoms with E-state index in [1.165, 1.54) is 12.1 Å². The molecule has 0 saturated heterocycles. The van der Waals surface area contributed by atoms with Gasteiger partial charge in [-0.1, -0.05) is 11.8 Å². The first kappa shape index (κ1) is 12.7. The van der Waals surface area contributed by atoms with Crippen molar-refractivity contribution in [2.75, 3.05) is 0 Å². The van der Waals surface area contributed by atoms with Crippen LogP contribution < -0.4 is 4.74 Å². The van der Waals surface area contributed by atoms with Gasteiger partial charge in [-0.2, -0.15) is 0 Å². The first-order valence-electron chi connectivity index (χ1n) is 5.57. The minimum atomic E-state index is -1.17. The minimum absolute atomic E-state index is 0.281. The lowest BCUT2D eigenvalue weighted by atomic mass is 10.1. The Morgan fingerprint density at radius 3 is 2.37 bits per heavy atom. The fourth-order valence-electron chi connectivity index (χ4n) is 1.74. The van der Waals surface area contributed by atoms with E-state index in [9.17, 15) is 9.59 Å². The molecular weight excluding hydrogens is 244 g/mol. The highest BCUT2D eigenvalue weighted by molar-refractivity contribution is 6.28. The maximum atomic E-state index is 12.0. The van der Waals surface area contributed by atoms with Gasteiger partial charge < -0.3 is 9.47 Å². The van der Waals surface area contributed by atoms with Gasteiger partial charge in [0.05, 0.1) is 0 Å². The first-order valence-corrected chi connectivity index (χ1v) is 5.57. The molecule has 1 unspecified atom stereocenters. The molecule has 1 aliphatic rings. The summed E-state index contributed by atoms with van der Waals surface area (Å²) >= 11 is 0. The van der Waals surface area contributed by atoms with Gasteiger partial charge in [-0.15, -0.1) is 0 Å². The fraction of sp³-hybridized carbons (Fsp3) is 0.200. The molecule has 1 aromatic carbocycles. The number of carbonyl (C=O) groups is 2. The lowest BCUT2D eigenvalue weighted by molar-refractivity contribution is 0.0659. The van der Waals surface area contributed by atoms with Crippen molar-refractivity contribution in [3.05, 3.63) is 29.3 Å². The van der Waals surface area contributed by atoms with Crippen molar-refractivity contribution < 1.29 is 19.1 Å². The van der Waals surface area contributed by atoms with E-state index >= 15 is 0 Å². The van der Waals surface area contributed by atoms with Gasteiger partial charge in [-0.25, -0.2) is 0 Å². The molecule has 0 radical (unpaired) electrons. The normalized spacial score (nSPS) is 15.8. The van der Waals surface area contributed by atoms with Crippen LogP contribution in [0.5, 0.6) is 5.75 Å². The van der Waals surface area contributed by atoms with Gasteiger partial charge in [0.2, 0.25) is 17.7 Å². The largest absolute Gasteiger partial charge is 0.426 e. The van der Waals surface area contributed by atoms with Gasteiger partial charge in [0, 0.05) is 25.0 Å². The molecule has 19 heavy (non-hydrogen) atoms.